The molecule has 0 aliphatic rings. The summed E-state index contributed by atoms with van der Waals surface area (Å²) in [6.45, 7) is 9.31. The molecular formula is C8H24Al2. The summed E-state index contributed by atoms with van der Waals surface area (Å²) in [5, 5.41) is 3.08. The summed E-state index contributed by atoms with van der Waals surface area (Å²) in [6.07, 6.45) is 0. The van der Waals surface area contributed by atoms with Gasteiger partial charge in [0.2, 0.25) is 15.2 Å². The molecule has 0 fully saturated rings. The van der Waals surface area contributed by atoms with Gasteiger partial charge in [-0.15, -0.1) is 0 Å². The van der Waals surface area contributed by atoms with Gasteiger partial charge >= 0.3 is 0 Å². The summed E-state index contributed by atoms with van der Waals surface area (Å²) >= 11 is 0.316. The fourth-order valence-corrected chi connectivity index (χ4v) is 2.80. The molecule has 0 heterocycles. The summed E-state index contributed by atoms with van der Waals surface area (Å²) in [5.74, 6) is 1.91. The van der Waals surface area contributed by atoms with Crippen LogP contribution >= 0.6 is 0 Å². The second kappa shape index (κ2) is 8.16. The number of rotatable bonds is 4. The van der Waals surface area contributed by atoms with Crippen LogP contribution in [0.4, 0.5) is 0 Å². The fraction of sp³-hybridized carbons (Fsp3) is 1.00. The molecule has 0 atom stereocenters. The highest BCUT2D eigenvalue weighted by molar-refractivity contribution is 6.35. The van der Waals surface area contributed by atoms with Crippen LogP contribution in [0.1, 0.15) is 29.1 Å². The molecule has 0 nitrogen and oxygen atoms in total. The molecule has 0 aliphatic heterocycles. The molecule has 0 saturated heterocycles. The summed E-state index contributed by atoms with van der Waals surface area (Å²) in [4.78, 5) is 0. The Morgan fingerprint density at radius 2 is 1.30 bits per heavy atom. The Balaban J connectivity index is -0.000000320. The summed E-state index contributed by atoms with van der Waals surface area (Å²) in [6, 6.07) is 0. The zero-order valence-electron chi connectivity index (χ0n) is 7.28. The van der Waals surface area contributed by atoms with Gasteiger partial charge in [-0.1, -0.05) is 50.1 Å². The van der Waals surface area contributed by atoms with Gasteiger partial charge < -0.3 is 0 Å². The van der Waals surface area contributed by atoms with E-state index in [-0.39, 0.29) is 18.8 Å². The molecule has 0 aromatic rings. The van der Waals surface area contributed by atoms with E-state index in [1.54, 1.807) is 0 Å². The van der Waals surface area contributed by atoms with Gasteiger partial charge in [-0.2, -0.15) is 0 Å². The number of hydrogen-bond acceptors (Lipinski definition) is 0. The molecule has 0 spiro atoms. The average molecular weight is 174 g/mol. The third-order valence-electron chi connectivity index (χ3n) is 1.56. The van der Waals surface area contributed by atoms with Crippen molar-refractivity contribution in [3.8, 4) is 0 Å². The predicted octanol–water partition coefficient (Wildman–Crippen LogP) is 1.63. The summed E-state index contributed by atoms with van der Waals surface area (Å²) in [5.41, 5.74) is 0. The van der Waals surface area contributed by atoms with Gasteiger partial charge in [0.05, 0.1) is 0 Å². The van der Waals surface area contributed by atoms with Crippen molar-refractivity contribution in [3.63, 3.8) is 0 Å². The Labute approximate surface area is 84.1 Å². The van der Waals surface area contributed by atoms with Gasteiger partial charge in [-0.25, -0.2) is 0 Å². The Bertz CT molecular complexity index is 57.1. The lowest BCUT2D eigenvalue weighted by atomic mass is 10.3. The molecule has 62 valence electrons. The van der Waals surface area contributed by atoms with Crippen LogP contribution in [0.5, 0.6) is 0 Å². The van der Waals surface area contributed by atoms with Crippen LogP contribution in [0.3, 0.4) is 0 Å². The summed E-state index contributed by atoms with van der Waals surface area (Å²) < 4.78 is 0. The highest BCUT2D eigenvalue weighted by Gasteiger charge is 1.99. The topological polar surface area (TPSA) is 0 Å². The van der Waals surface area contributed by atoms with Crippen LogP contribution in [-0.4, -0.2) is 32.6 Å². The monoisotopic (exact) mass is 174 g/mol. The van der Waals surface area contributed by atoms with E-state index >= 15 is 0 Å². The molecule has 0 saturated carbocycles. The first-order chi connectivity index (χ1) is 4.13. The van der Waals surface area contributed by atoms with Gasteiger partial charge in [-0.3, -0.25) is 0 Å². The van der Waals surface area contributed by atoms with Crippen LogP contribution < -0.4 is 0 Å². The molecule has 0 aromatic carbocycles. The largest absolute Gasteiger partial charge is 0.237 e. The molecule has 2 heteroatoms. The van der Waals surface area contributed by atoms with Crippen LogP contribution in [0.2, 0.25) is 10.6 Å². The Morgan fingerprint density at radius 1 is 1.00 bits per heavy atom. The van der Waals surface area contributed by atoms with E-state index in [2.05, 4.69) is 27.7 Å². The Kier molecular flexibility index (Phi) is 11.1. The van der Waals surface area contributed by atoms with Crippen LogP contribution in [-0.2, 0) is 0 Å². The lowest BCUT2D eigenvalue weighted by molar-refractivity contribution is 0.700. The third-order valence-corrected chi connectivity index (χ3v) is 4.69. The molecular weight excluding hydrogens is 150 g/mol. The highest BCUT2D eigenvalue weighted by Crippen LogP contribution is 2.05. The molecule has 0 unspecified atom stereocenters. The summed E-state index contributed by atoms with van der Waals surface area (Å²) in [7, 11) is 0. The van der Waals surface area contributed by atoms with Crippen molar-refractivity contribution >= 4 is 32.6 Å². The average Bonchev–Trinajstić information content (AvgIpc) is 1.63. The minimum Gasteiger partial charge on any atom is -0.0950 e. The SMILES string of the molecule is CC(C)[CH2][AlH][CH2]C(C)C.[AlH3].[HH]. The maximum Gasteiger partial charge on any atom is 0.237 e. The van der Waals surface area contributed by atoms with E-state index in [4.69, 9.17) is 0 Å². The van der Waals surface area contributed by atoms with Crippen molar-refractivity contribution in [1.29, 1.82) is 0 Å². The van der Waals surface area contributed by atoms with Crippen molar-refractivity contribution in [3.05, 3.63) is 0 Å². The minimum atomic E-state index is 0. The third kappa shape index (κ3) is 11.8. The van der Waals surface area contributed by atoms with Crippen molar-refractivity contribution in [2.75, 3.05) is 0 Å². The zero-order valence-corrected chi connectivity index (χ0v) is 8.69. The van der Waals surface area contributed by atoms with Crippen molar-refractivity contribution in [1.82, 2.24) is 0 Å². The Hall–Kier alpha value is 1.06. The van der Waals surface area contributed by atoms with Gasteiger partial charge in [-0.05, 0) is 0 Å². The van der Waals surface area contributed by atoms with Crippen LogP contribution in [0, 0.1) is 11.8 Å². The van der Waals surface area contributed by atoms with Gasteiger partial charge in [0.1, 0.15) is 0 Å². The fourth-order valence-electron chi connectivity index (χ4n) is 0.934. The molecule has 0 rings (SSSR count). The van der Waals surface area contributed by atoms with Gasteiger partial charge in [0.15, 0.2) is 17.4 Å². The van der Waals surface area contributed by atoms with Crippen molar-refractivity contribution < 1.29 is 1.43 Å². The normalized spacial score (nSPS) is 9.80. The van der Waals surface area contributed by atoms with Crippen LogP contribution in [0.15, 0.2) is 0 Å². The maximum absolute atomic E-state index is 2.33. The van der Waals surface area contributed by atoms with Crippen molar-refractivity contribution in [2.24, 2.45) is 11.8 Å². The second-order valence-electron chi connectivity index (χ2n) is 3.72. The Morgan fingerprint density at radius 3 is 1.50 bits per heavy atom. The first-order valence-corrected chi connectivity index (χ1v) is 6.13. The lowest BCUT2D eigenvalue weighted by Crippen LogP contribution is -1.99. The number of hydrogen-bond donors (Lipinski definition) is 0. The first-order valence-electron chi connectivity index (χ1n) is 4.13. The zero-order chi connectivity index (χ0) is 7.28. The van der Waals surface area contributed by atoms with E-state index < -0.39 is 0 Å². The maximum atomic E-state index is 2.33. The van der Waals surface area contributed by atoms with E-state index in [0.29, 0.717) is 15.2 Å². The smallest absolute Gasteiger partial charge is 0.0950 e. The van der Waals surface area contributed by atoms with Gasteiger partial charge in [0.25, 0.3) is 0 Å². The van der Waals surface area contributed by atoms with Crippen molar-refractivity contribution in [2.45, 2.75) is 38.3 Å². The van der Waals surface area contributed by atoms with E-state index in [1.165, 1.54) is 10.6 Å². The molecule has 0 radical (unpaired) electrons. The van der Waals surface area contributed by atoms with E-state index in [1.807, 2.05) is 0 Å². The highest BCUT2D eigenvalue weighted by atomic mass is 27.1. The van der Waals surface area contributed by atoms with Gasteiger partial charge in [0, 0.05) is 1.43 Å². The second-order valence-corrected chi connectivity index (χ2v) is 5.58. The molecule has 10 heavy (non-hydrogen) atoms. The quantitative estimate of drug-likeness (QED) is 0.568. The molecule has 0 bridgehead atoms. The lowest BCUT2D eigenvalue weighted by Gasteiger charge is -2.03. The standard InChI is InChI=1S/2C4H9.2Al.H2.4H/c2*1-4(2)3;;;;;;;/h2*4H,1H2,2-3H3;;;1H;;;;. The predicted molar refractivity (Wildman–Crippen MR) is 58.5 cm³/mol. The van der Waals surface area contributed by atoms with E-state index in [9.17, 15) is 0 Å². The molecule has 0 N–H and O–H groups in total. The first kappa shape index (κ1) is 13.6. The minimum absolute atomic E-state index is 0. The molecule has 0 amide bonds. The molecule has 0 aliphatic carbocycles. The van der Waals surface area contributed by atoms with E-state index in [0.717, 1.165) is 11.8 Å². The molecule has 0 aromatic heterocycles. The van der Waals surface area contributed by atoms with Crippen LogP contribution in [0.25, 0.3) is 0 Å².